The molecule has 0 aromatic heterocycles. The molecule has 1 aliphatic heterocycles. The molecule has 0 atom stereocenters. The topological polar surface area (TPSA) is 84.9 Å². The Morgan fingerprint density at radius 1 is 0.914 bits per heavy atom. The van der Waals surface area contributed by atoms with Crippen LogP contribution in [-0.2, 0) is 16.2 Å². The number of hydrogen-bond acceptors (Lipinski definition) is 5. The van der Waals surface area contributed by atoms with E-state index in [1.807, 2.05) is 49.4 Å². The van der Waals surface area contributed by atoms with Gasteiger partial charge in [-0.05, 0) is 106 Å². The van der Waals surface area contributed by atoms with Crippen LogP contribution in [0.1, 0.15) is 18.1 Å². The van der Waals surface area contributed by atoms with E-state index in [4.69, 9.17) is 9.47 Å². The Labute approximate surface area is 229 Å². The third-order valence-electron chi connectivity index (χ3n) is 5.07. The molecule has 0 unspecified atom stereocenters. The maximum atomic E-state index is 13.2. The summed E-state index contributed by atoms with van der Waals surface area (Å²) in [5.74, 6) is -0.0940. The van der Waals surface area contributed by atoms with Gasteiger partial charge in [-0.2, -0.15) is 0 Å². The number of halogens is 2. The van der Waals surface area contributed by atoms with Gasteiger partial charge in [-0.1, -0.05) is 30.3 Å². The van der Waals surface area contributed by atoms with Crippen LogP contribution in [-0.4, -0.2) is 24.5 Å². The van der Waals surface area contributed by atoms with Crippen LogP contribution in [0, 0.1) is 7.14 Å². The second kappa shape index (κ2) is 11.2. The fourth-order valence-corrected chi connectivity index (χ4v) is 5.57. The Morgan fingerprint density at radius 2 is 1.57 bits per heavy atom. The predicted molar refractivity (Wildman–Crippen MR) is 149 cm³/mol. The largest absolute Gasteiger partial charge is 0.494 e. The normalized spacial score (nSPS) is 14.8. The smallest absolute Gasteiger partial charge is 0.335 e. The van der Waals surface area contributed by atoms with Crippen LogP contribution in [0.3, 0.4) is 0 Å². The quantitative estimate of drug-likeness (QED) is 0.200. The second-order valence-corrected chi connectivity index (χ2v) is 9.80. The Morgan fingerprint density at radius 3 is 2.20 bits per heavy atom. The molecule has 0 aliphatic carbocycles. The second-order valence-electron chi connectivity index (χ2n) is 7.47. The first-order valence-electron chi connectivity index (χ1n) is 10.7. The number of carbonyl (C=O) groups is 3. The average molecular weight is 694 g/mol. The van der Waals surface area contributed by atoms with Crippen molar-refractivity contribution in [3.8, 4) is 11.5 Å². The number of nitrogens with one attached hydrogen (secondary N) is 1. The molecule has 178 valence electrons. The molecule has 3 aromatic rings. The van der Waals surface area contributed by atoms with E-state index in [0.29, 0.717) is 30.2 Å². The van der Waals surface area contributed by atoms with Gasteiger partial charge in [0.2, 0.25) is 0 Å². The Kier molecular flexibility index (Phi) is 8.06. The maximum Gasteiger partial charge on any atom is 0.335 e. The highest BCUT2D eigenvalue weighted by Crippen LogP contribution is 2.31. The lowest BCUT2D eigenvalue weighted by Crippen LogP contribution is -2.54. The molecule has 1 fully saturated rings. The highest BCUT2D eigenvalue weighted by Gasteiger charge is 2.36. The minimum absolute atomic E-state index is 0.136. The van der Waals surface area contributed by atoms with Crippen molar-refractivity contribution in [1.29, 1.82) is 0 Å². The predicted octanol–water partition coefficient (Wildman–Crippen LogP) is 5.54. The van der Waals surface area contributed by atoms with Crippen molar-refractivity contribution in [3.05, 3.63) is 90.6 Å². The lowest BCUT2D eigenvalue weighted by molar-refractivity contribution is -0.122. The van der Waals surface area contributed by atoms with Gasteiger partial charge in [-0.3, -0.25) is 14.9 Å². The van der Waals surface area contributed by atoms with Gasteiger partial charge < -0.3 is 9.47 Å². The number of nitrogens with zero attached hydrogens (tertiary/aromatic N) is 1. The summed E-state index contributed by atoms with van der Waals surface area (Å²) in [6, 6.07) is 19.2. The van der Waals surface area contributed by atoms with Gasteiger partial charge in [0.1, 0.15) is 23.7 Å². The fraction of sp³-hybridized carbons (Fsp3) is 0.115. The zero-order chi connectivity index (χ0) is 24.9. The molecule has 4 amide bonds. The highest BCUT2D eigenvalue weighted by molar-refractivity contribution is 14.1. The van der Waals surface area contributed by atoms with Gasteiger partial charge >= 0.3 is 6.03 Å². The van der Waals surface area contributed by atoms with Crippen LogP contribution in [0.25, 0.3) is 6.08 Å². The van der Waals surface area contributed by atoms with E-state index in [9.17, 15) is 14.4 Å². The van der Waals surface area contributed by atoms with Gasteiger partial charge in [0, 0.05) is 0 Å². The van der Waals surface area contributed by atoms with Crippen LogP contribution in [0.5, 0.6) is 11.5 Å². The van der Waals surface area contributed by atoms with Crippen LogP contribution in [0.15, 0.2) is 72.3 Å². The molecule has 0 saturated carbocycles. The van der Waals surface area contributed by atoms with E-state index in [1.54, 1.807) is 24.3 Å². The molecule has 0 radical (unpaired) electrons. The fourth-order valence-electron chi connectivity index (χ4n) is 3.45. The number of hydrogen-bond donors (Lipinski definition) is 1. The number of rotatable bonds is 7. The molecular weight excluding hydrogens is 674 g/mol. The van der Waals surface area contributed by atoms with Gasteiger partial charge in [0.15, 0.2) is 0 Å². The minimum Gasteiger partial charge on any atom is -0.494 e. The summed E-state index contributed by atoms with van der Waals surface area (Å²) in [6.07, 6.45) is 1.48. The molecule has 1 aliphatic rings. The molecule has 7 nitrogen and oxygen atoms in total. The summed E-state index contributed by atoms with van der Waals surface area (Å²) in [4.78, 5) is 39.1. The Balaban J connectivity index is 1.59. The molecule has 35 heavy (non-hydrogen) atoms. The summed E-state index contributed by atoms with van der Waals surface area (Å²) in [7, 11) is 0. The Bertz CT molecular complexity index is 1280. The average Bonchev–Trinajstić information content (AvgIpc) is 2.83. The van der Waals surface area contributed by atoms with E-state index in [-0.39, 0.29) is 5.57 Å². The number of anilines is 1. The number of benzene rings is 3. The summed E-state index contributed by atoms with van der Waals surface area (Å²) < 4.78 is 13.1. The third kappa shape index (κ3) is 5.84. The molecule has 1 heterocycles. The third-order valence-corrected chi connectivity index (χ3v) is 6.67. The zero-order valence-electron chi connectivity index (χ0n) is 18.6. The molecule has 9 heteroatoms. The molecule has 3 aromatic carbocycles. The minimum atomic E-state index is -0.796. The Hall–Kier alpha value is -2.93. The number of imide groups is 2. The highest BCUT2D eigenvalue weighted by atomic mass is 127. The summed E-state index contributed by atoms with van der Waals surface area (Å²) in [5.41, 5.74) is 1.89. The molecule has 4 rings (SSSR count). The number of carbonyl (C=O) groups excluding carboxylic acids is 3. The van der Waals surface area contributed by atoms with Crippen molar-refractivity contribution in [2.24, 2.45) is 0 Å². The van der Waals surface area contributed by atoms with Crippen molar-refractivity contribution >= 4 is 74.8 Å². The molecular formula is C26H20I2N2O5. The zero-order valence-corrected chi connectivity index (χ0v) is 22.9. The van der Waals surface area contributed by atoms with Gasteiger partial charge in [0.05, 0.1) is 19.4 Å². The number of amides is 4. The van der Waals surface area contributed by atoms with E-state index in [1.165, 1.54) is 6.08 Å². The monoisotopic (exact) mass is 694 g/mol. The van der Waals surface area contributed by atoms with Crippen molar-refractivity contribution in [2.75, 3.05) is 11.5 Å². The van der Waals surface area contributed by atoms with E-state index < -0.39 is 17.8 Å². The van der Waals surface area contributed by atoms with Crippen molar-refractivity contribution in [2.45, 2.75) is 13.5 Å². The van der Waals surface area contributed by atoms with Gasteiger partial charge in [-0.15, -0.1) is 0 Å². The van der Waals surface area contributed by atoms with Crippen LogP contribution in [0.4, 0.5) is 10.5 Å². The molecule has 1 saturated heterocycles. The van der Waals surface area contributed by atoms with E-state index in [2.05, 4.69) is 50.5 Å². The summed E-state index contributed by atoms with van der Waals surface area (Å²) in [5, 5.41) is 2.25. The van der Waals surface area contributed by atoms with E-state index in [0.717, 1.165) is 23.4 Å². The number of barbiturate groups is 1. The standard InChI is InChI=1S/C26H20I2N2O5/c1-2-34-19-10-8-18(9-11-19)30-25(32)20(24(31)29-26(30)33)12-17-13-21(27)23(22(28)14-17)35-15-16-6-4-3-5-7-16/h3-14H,2,15H2,1H3,(H,29,31,33)/b20-12+. The number of urea groups is 1. The van der Waals surface area contributed by atoms with Crippen molar-refractivity contribution in [3.63, 3.8) is 0 Å². The molecule has 1 N–H and O–H groups in total. The van der Waals surface area contributed by atoms with Crippen LogP contribution < -0.4 is 19.7 Å². The first-order chi connectivity index (χ1) is 16.9. The van der Waals surface area contributed by atoms with Crippen LogP contribution >= 0.6 is 45.2 Å². The lowest BCUT2D eigenvalue weighted by atomic mass is 10.1. The lowest BCUT2D eigenvalue weighted by Gasteiger charge is -2.26. The first kappa shape index (κ1) is 25.2. The van der Waals surface area contributed by atoms with Crippen LogP contribution in [0.2, 0.25) is 0 Å². The van der Waals surface area contributed by atoms with E-state index >= 15 is 0 Å². The summed E-state index contributed by atoms with van der Waals surface area (Å²) in [6.45, 7) is 2.79. The van der Waals surface area contributed by atoms with Gasteiger partial charge in [0.25, 0.3) is 11.8 Å². The molecule has 0 spiro atoms. The van der Waals surface area contributed by atoms with Crippen molar-refractivity contribution in [1.82, 2.24) is 5.32 Å². The first-order valence-corrected chi connectivity index (χ1v) is 12.8. The van der Waals surface area contributed by atoms with Crippen molar-refractivity contribution < 1.29 is 23.9 Å². The molecule has 0 bridgehead atoms. The number of ether oxygens (including phenoxy) is 2. The van der Waals surface area contributed by atoms with Gasteiger partial charge in [-0.25, -0.2) is 9.69 Å². The maximum absolute atomic E-state index is 13.2. The SMILES string of the molecule is CCOc1ccc(N2C(=O)NC(=O)/C(=C\c3cc(I)c(OCc4ccccc4)c(I)c3)C2=O)cc1. The summed E-state index contributed by atoms with van der Waals surface area (Å²) >= 11 is 4.33.